The van der Waals surface area contributed by atoms with Gasteiger partial charge in [-0.3, -0.25) is 19.7 Å². The molecule has 2 aliphatic rings. The van der Waals surface area contributed by atoms with E-state index in [-0.39, 0.29) is 34.4 Å². The Labute approximate surface area is 162 Å². The van der Waals surface area contributed by atoms with Gasteiger partial charge in [-0.25, -0.2) is 0 Å². The van der Waals surface area contributed by atoms with Crippen molar-refractivity contribution in [2.24, 2.45) is 5.10 Å². The van der Waals surface area contributed by atoms with Crippen molar-refractivity contribution in [2.75, 3.05) is 6.79 Å². The lowest BCUT2D eigenvalue weighted by Crippen LogP contribution is -2.36. The van der Waals surface area contributed by atoms with E-state index in [9.17, 15) is 19.7 Å². The Hall–Kier alpha value is -4.27. The summed E-state index contributed by atoms with van der Waals surface area (Å²) in [6.07, 6.45) is 1.37. The second-order valence-corrected chi connectivity index (χ2v) is 6.40. The number of nitro groups is 1. The van der Waals surface area contributed by atoms with Gasteiger partial charge in [0.2, 0.25) is 6.79 Å². The van der Waals surface area contributed by atoms with Crippen LogP contribution in [0.15, 0.2) is 53.6 Å². The zero-order chi connectivity index (χ0) is 20.1. The summed E-state index contributed by atoms with van der Waals surface area (Å²) in [5.41, 5.74) is 0.818. The van der Waals surface area contributed by atoms with E-state index in [4.69, 9.17) is 9.47 Å². The topological polar surface area (TPSA) is 111 Å². The first-order valence-corrected chi connectivity index (χ1v) is 8.57. The number of non-ortho nitro benzene ring substituents is 1. The SMILES string of the molecule is O=C1c2cccc3c([N+](=O)[O-])ccc(c23)C(=O)N1N=Cc1ccc2c(c1)OCO2. The second kappa shape index (κ2) is 6.13. The molecule has 5 rings (SSSR count). The average Bonchev–Trinajstić information content (AvgIpc) is 3.19. The minimum Gasteiger partial charge on any atom is -0.454 e. The summed E-state index contributed by atoms with van der Waals surface area (Å²) in [5, 5.41) is 16.6. The minimum absolute atomic E-state index is 0.131. The predicted molar refractivity (Wildman–Crippen MR) is 101 cm³/mol. The van der Waals surface area contributed by atoms with Crippen LogP contribution in [-0.2, 0) is 0 Å². The molecule has 0 radical (unpaired) electrons. The van der Waals surface area contributed by atoms with E-state index in [0.29, 0.717) is 17.1 Å². The Morgan fingerprint density at radius 2 is 1.76 bits per heavy atom. The molecule has 2 aliphatic heterocycles. The predicted octanol–water partition coefficient (Wildman–Crippen LogP) is 3.11. The quantitative estimate of drug-likeness (QED) is 0.294. The first-order valence-electron chi connectivity index (χ1n) is 8.57. The van der Waals surface area contributed by atoms with E-state index in [0.717, 1.165) is 5.01 Å². The molecule has 0 N–H and O–H groups in total. The van der Waals surface area contributed by atoms with E-state index in [2.05, 4.69) is 5.10 Å². The molecule has 0 spiro atoms. The maximum atomic E-state index is 12.9. The molecule has 0 bridgehead atoms. The molecule has 0 aliphatic carbocycles. The molecule has 0 atom stereocenters. The van der Waals surface area contributed by atoms with Crippen molar-refractivity contribution in [1.29, 1.82) is 0 Å². The van der Waals surface area contributed by atoms with Crippen molar-refractivity contribution in [3.63, 3.8) is 0 Å². The van der Waals surface area contributed by atoms with E-state index in [1.807, 2.05) is 0 Å². The number of hydrogen-bond acceptors (Lipinski definition) is 7. The molecule has 2 amide bonds. The Kier molecular flexibility index (Phi) is 3.56. The molecule has 0 saturated heterocycles. The zero-order valence-electron chi connectivity index (χ0n) is 14.7. The first kappa shape index (κ1) is 16.9. The number of nitro benzene ring substituents is 1. The van der Waals surface area contributed by atoms with Crippen molar-refractivity contribution in [3.05, 3.63) is 75.3 Å². The third-order valence-electron chi connectivity index (χ3n) is 4.78. The number of imide groups is 1. The van der Waals surface area contributed by atoms with Crippen LogP contribution in [0.5, 0.6) is 11.5 Å². The molecule has 9 heteroatoms. The lowest BCUT2D eigenvalue weighted by molar-refractivity contribution is -0.383. The fourth-order valence-corrected chi connectivity index (χ4v) is 3.45. The summed E-state index contributed by atoms with van der Waals surface area (Å²) in [5.74, 6) is -0.140. The molecule has 9 nitrogen and oxygen atoms in total. The average molecular weight is 389 g/mol. The number of fused-ring (bicyclic) bond motifs is 1. The van der Waals surface area contributed by atoms with Crippen LogP contribution in [0.25, 0.3) is 10.8 Å². The minimum atomic E-state index is -0.648. The van der Waals surface area contributed by atoms with Gasteiger partial charge >= 0.3 is 0 Å². The molecule has 2 heterocycles. The number of carbonyl (C=O) groups excluding carboxylic acids is 2. The van der Waals surface area contributed by atoms with Crippen molar-refractivity contribution < 1.29 is 24.0 Å². The van der Waals surface area contributed by atoms with Crippen LogP contribution in [-0.4, -0.2) is 34.8 Å². The Bertz CT molecular complexity index is 1240. The Morgan fingerprint density at radius 3 is 2.55 bits per heavy atom. The highest BCUT2D eigenvalue weighted by atomic mass is 16.7. The summed E-state index contributed by atoms with van der Waals surface area (Å²) < 4.78 is 10.5. The summed E-state index contributed by atoms with van der Waals surface area (Å²) in [6, 6.07) is 12.3. The summed E-state index contributed by atoms with van der Waals surface area (Å²) >= 11 is 0. The van der Waals surface area contributed by atoms with E-state index >= 15 is 0 Å². The molecule has 0 aromatic heterocycles. The number of ether oxygens (including phenoxy) is 2. The molecular formula is C20H11N3O6. The van der Waals surface area contributed by atoms with Crippen molar-refractivity contribution >= 4 is 34.5 Å². The second-order valence-electron chi connectivity index (χ2n) is 6.40. The van der Waals surface area contributed by atoms with Crippen LogP contribution in [0.2, 0.25) is 0 Å². The number of amides is 2. The molecule has 0 fully saturated rings. The first-order chi connectivity index (χ1) is 14.0. The van der Waals surface area contributed by atoms with Crippen molar-refractivity contribution in [3.8, 4) is 11.5 Å². The molecule has 3 aromatic carbocycles. The molecule has 3 aromatic rings. The summed E-state index contributed by atoms with van der Waals surface area (Å²) in [7, 11) is 0. The van der Waals surface area contributed by atoms with Crippen LogP contribution < -0.4 is 9.47 Å². The number of rotatable bonds is 3. The van der Waals surface area contributed by atoms with Crippen LogP contribution in [0.4, 0.5) is 5.69 Å². The molecule has 29 heavy (non-hydrogen) atoms. The molecule has 0 unspecified atom stereocenters. The Balaban J connectivity index is 1.57. The van der Waals surface area contributed by atoms with Crippen molar-refractivity contribution in [1.82, 2.24) is 5.01 Å². The maximum absolute atomic E-state index is 12.9. The zero-order valence-corrected chi connectivity index (χ0v) is 14.7. The highest BCUT2D eigenvalue weighted by Crippen LogP contribution is 2.35. The summed E-state index contributed by atoms with van der Waals surface area (Å²) in [6.45, 7) is 0.131. The number of benzene rings is 3. The standard InChI is InChI=1S/C20H11N3O6/c24-19-13-3-1-2-12-15(23(26)27)6-5-14(18(12)13)20(25)22(19)21-9-11-4-7-16-17(8-11)29-10-28-16/h1-9H,10H2. The summed E-state index contributed by atoms with van der Waals surface area (Å²) in [4.78, 5) is 36.5. The van der Waals surface area contributed by atoms with Gasteiger partial charge in [-0.1, -0.05) is 6.07 Å². The van der Waals surface area contributed by atoms with Crippen LogP contribution in [0.1, 0.15) is 26.3 Å². The maximum Gasteiger partial charge on any atom is 0.282 e. The van der Waals surface area contributed by atoms with Crippen molar-refractivity contribution in [2.45, 2.75) is 0 Å². The number of carbonyl (C=O) groups is 2. The van der Waals surface area contributed by atoms with E-state index < -0.39 is 16.7 Å². The number of hydrazone groups is 1. The van der Waals surface area contributed by atoms with Gasteiger partial charge in [0.15, 0.2) is 11.5 Å². The highest BCUT2D eigenvalue weighted by molar-refractivity contribution is 6.26. The smallest absolute Gasteiger partial charge is 0.282 e. The van der Waals surface area contributed by atoms with E-state index in [1.54, 1.807) is 24.3 Å². The largest absolute Gasteiger partial charge is 0.454 e. The molecule has 0 saturated carbocycles. The lowest BCUT2D eigenvalue weighted by Gasteiger charge is -2.22. The van der Waals surface area contributed by atoms with Gasteiger partial charge in [0.25, 0.3) is 17.5 Å². The number of nitrogens with zero attached hydrogens (tertiary/aromatic N) is 3. The molecular weight excluding hydrogens is 378 g/mol. The fourth-order valence-electron chi connectivity index (χ4n) is 3.45. The van der Waals surface area contributed by atoms with Gasteiger partial charge in [-0.15, -0.1) is 0 Å². The lowest BCUT2D eigenvalue weighted by atomic mass is 9.94. The van der Waals surface area contributed by atoms with Gasteiger partial charge in [-0.05, 0) is 42.0 Å². The third kappa shape index (κ3) is 2.52. The monoisotopic (exact) mass is 389 g/mol. The normalized spacial score (nSPS) is 14.8. The van der Waals surface area contributed by atoms with E-state index in [1.165, 1.54) is 30.5 Å². The van der Waals surface area contributed by atoms with Crippen LogP contribution >= 0.6 is 0 Å². The van der Waals surface area contributed by atoms with Gasteiger partial charge in [-0.2, -0.15) is 10.1 Å². The van der Waals surface area contributed by atoms with Gasteiger partial charge in [0, 0.05) is 11.5 Å². The third-order valence-corrected chi connectivity index (χ3v) is 4.78. The molecule has 142 valence electrons. The number of hydrogen-bond donors (Lipinski definition) is 0. The Morgan fingerprint density at radius 1 is 1.00 bits per heavy atom. The van der Waals surface area contributed by atoms with Crippen LogP contribution in [0, 0.1) is 10.1 Å². The van der Waals surface area contributed by atoms with Gasteiger partial charge in [0.1, 0.15) is 0 Å². The van der Waals surface area contributed by atoms with Gasteiger partial charge in [0.05, 0.1) is 27.7 Å². The fraction of sp³-hybridized carbons (Fsp3) is 0.0500. The highest BCUT2D eigenvalue weighted by Gasteiger charge is 2.34. The van der Waals surface area contributed by atoms with Gasteiger partial charge < -0.3 is 9.47 Å². The van der Waals surface area contributed by atoms with Crippen LogP contribution in [0.3, 0.4) is 0 Å².